The minimum absolute atomic E-state index is 0.0352. The van der Waals surface area contributed by atoms with Gasteiger partial charge in [0, 0.05) is 16.5 Å². The van der Waals surface area contributed by atoms with E-state index in [1.165, 1.54) is 18.2 Å². The molecule has 0 unspecified atom stereocenters. The number of amides is 1. The summed E-state index contributed by atoms with van der Waals surface area (Å²) in [5.74, 6) is 0.240. The van der Waals surface area contributed by atoms with Crippen molar-refractivity contribution in [2.24, 2.45) is 0 Å². The molecule has 23 heavy (non-hydrogen) atoms. The summed E-state index contributed by atoms with van der Waals surface area (Å²) >= 11 is 17.6. The third-order valence-electron chi connectivity index (χ3n) is 2.93. The molecule has 0 aromatic heterocycles. The van der Waals surface area contributed by atoms with Crippen LogP contribution in [0.5, 0.6) is 11.5 Å². The van der Waals surface area contributed by atoms with Gasteiger partial charge in [0.05, 0.1) is 17.3 Å². The molecular formula is C16H14Cl3NO3. The second-order valence-corrected chi connectivity index (χ2v) is 6.02. The van der Waals surface area contributed by atoms with Gasteiger partial charge in [0.2, 0.25) is 5.91 Å². The number of halogens is 3. The molecule has 0 saturated heterocycles. The Morgan fingerprint density at radius 1 is 1.09 bits per heavy atom. The van der Waals surface area contributed by atoms with Crippen LogP contribution in [-0.2, 0) is 4.79 Å². The lowest BCUT2D eigenvalue weighted by molar-refractivity contribution is -0.116. The highest BCUT2D eigenvalue weighted by molar-refractivity contribution is 6.35. The zero-order chi connectivity index (χ0) is 16.8. The summed E-state index contributed by atoms with van der Waals surface area (Å²) in [5, 5.41) is 13.6. The monoisotopic (exact) mass is 373 g/mol. The summed E-state index contributed by atoms with van der Waals surface area (Å²) in [6, 6.07) is 9.39. The van der Waals surface area contributed by atoms with Crippen LogP contribution < -0.4 is 10.1 Å². The number of phenolic OH excluding ortho intramolecular Hbond substituents is 1. The van der Waals surface area contributed by atoms with E-state index in [0.29, 0.717) is 33.8 Å². The Labute approximate surface area is 148 Å². The van der Waals surface area contributed by atoms with E-state index >= 15 is 0 Å². The average molecular weight is 375 g/mol. The molecule has 0 fully saturated rings. The van der Waals surface area contributed by atoms with E-state index in [1.807, 2.05) is 0 Å². The van der Waals surface area contributed by atoms with Gasteiger partial charge in [-0.2, -0.15) is 0 Å². The highest BCUT2D eigenvalue weighted by Gasteiger charge is 2.08. The van der Waals surface area contributed by atoms with Gasteiger partial charge in [-0.15, -0.1) is 0 Å². The normalized spacial score (nSPS) is 10.4. The molecule has 2 rings (SSSR count). The molecule has 1 amide bonds. The molecule has 2 aromatic carbocycles. The van der Waals surface area contributed by atoms with Crippen LogP contribution in [0.3, 0.4) is 0 Å². The molecule has 0 aliphatic rings. The number of anilines is 1. The van der Waals surface area contributed by atoms with Crippen LogP contribution in [0.2, 0.25) is 15.1 Å². The number of hydrogen-bond acceptors (Lipinski definition) is 3. The van der Waals surface area contributed by atoms with Crippen LogP contribution in [0, 0.1) is 0 Å². The average Bonchev–Trinajstić information content (AvgIpc) is 2.49. The molecule has 0 atom stereocenters. The molecule has 2 N–H and O–H groups in total. The SMILES string of the molecule is O=C(CCCOc1ccc(Cl)cc1Cl)Nc1cc(Cl)ccc1O. The number of carbonyl (C=O) groups excluding carboxylic acids is 1. The van der Waals surface area contributed by atoms with Crippen LogP contribution in [0.4, 0.5) is 5.69 Å². The molecule has 4 nitrogen and oxygen atoms in total. The highest BCUT2D eigenvalue weighted by Crippen LogP contribution is 2.28. The number of benzene rings is 2. The third-order valence-corrected chi connectivity index (χ3v) is 3.70. The smallest absolute Gasteiger partial charge is 0.224 e. The van der Waals surface area contributed by atoms with Crippen molar-refractivity contribution in [2.75, 3.05) is 11.9 Å². The zero-order valence-corrected chi connectivity index (χ0v) is 14.3. The van der Waals surface area contributed by atoms with Gasteiger partial charge in [0.1, 0.15) is 11.5 Å². The van der Waals surface area contributed by atoms with Crippen molar-refractivity contribution in [1.82, 2.24) is 0 Å². The second-order valence-electron chi connectivity index (χ2n) is 4.74. The highest BCUT2D eigenvalue weighted by atomic mass is 35.5. The van der Waals surface area contributed by atoms with Crippen molar-refractivity contribution >= 4 is 46.4 Å². The van der Waals surface area contributed by atoms with Crippen LogP contribution in [0.15, 0.2) is 36.4 Å². The topological polar surface area (TPSA) is 58.6 Å². The first-order valence-corrected chi connectivity index (χ1v) is 7.95. The molecular weight excluding hydrogens is 361 g/mol. The molecule has 0 aliphatic carbocycles. The summed E-state index contributed by atoms with van der Waals surface area (Å²) in [6.45, 7) is 0.330. The number of phenols is 1. The van der Waals surface area contributed by atoms with Crippen molar-refractivity contribution in [3.63, 3.8) is 0 Å². The van der Waals surface area contributed by atoms with Gasteiger partial charge in [0.25, 0.3) is 0 Å². The fraction of sp³-hybridized carbons (Fsp3) is 0.188. The molecule has 2 aromatic rings. The van der Waals surface area contributed by atoms with Crippen LogP contribution >= 0.6 is 34.8 Å². The van der Waals surface area contributed by atoms with E-state index in [-0.39, 0.29) is 23.8 Å². The number of aromatic hydroxyl groups is 1. The molecule has 0 heterocycles. The van der Waals surface area contributed by atoms with Gasteiger partial charge in [-0.05, 0) is 42.8 Å². The molecule has 7 heteroatoms. The Balaban J connectivity index is 1.77. The molecule has 0 bridgehead atoms. The fourth-order valence-electron chi connectivity index (χ4n) is 1.83. The standard InChI is InChI=1S/C16H14Cl3NO3/c17-10-4-6-15(12(19)8-10)23-7-1-2-16(22)20-13-9-11(18)3-5-14(13)21/h3-6,8-9,21H,1-2,7H2,(H,20,22). The summed E-state index contributed by atoms with van der Waals surface area (Å²) in [5.41, 5.74) is 0.282. The molecule has 122 valence electrons. The minimum atomic E-state index is -0.242. The van der Waals surface area contributed by atoms with Gasteiger partial charge in [-0.3, -0.25) is 4.79 Å². The fourth-order valence-corrected chi connectivity index (χ4v) is 2.46. The molecule has 0 radical (unpaired) electrons. The Kier molecular flexibility index (Phi) is 6.39. The van der Waals surface area contributed by atoms with Gasteiger partial charge in [-0.25, -0.2) is 0 Å². The van der Waals surface area contributed by atoms with Crippen molar-refractivity contribution in [3.8, 4) is 11.5 Å². The maximum Gasteiger partial charge on any atom is 0.224 e. The van der Waals surface area contributed by atoms with E-state index < -0.39 is 0 Å². The predicted octanol–water partition coefficient (Wildman–Crippen LogP) is 5.15. The Hall–Kier alpha value is -1.62. The van der Waals surface area contributed by atoms with E-state index in [9.17, 15) is 9.90 Å². The predicted molar refractivity (Wildman–Crippen MR) is 92.9 cm³/mol. The van der Waals surface area contributed by atoms with E-state index in [4.69, 9.17) is 39.5 Å². The lowest BCUT2D eigenvalue weighted by Gasteiger charge is -2.09. The first-order chi connectivity index (χ1) is 11.0. The Morgan fingerprint density at radius 2 is 1.78 bits per heavy atom. The van der Waals surface area contributed by atoms with Gasteiger partial charge >= 0.3 is 0 Å². The molecule has 0 aliphatic heterocycles. The number of carbonyl (C=O) groups is 1. The summed E-state index contributed by atoms with van der Waals surface area (Å²) in [4.78, 5) is 11.8. The Morgan fingerprint density at radius 3 is 2.52 bits per heavy atom. The van der Waals surface area contributed by atoms with Crippen molar-refractivity contribution in [1.29, 1.82) is 0 Å². The summed E-state index contributed by atoms with van der Waals surface area (Å²) in [6.07, 6.45) is 0.725. The van der Waals surface area contributed by atoms with E-state index in [1.54, 1.807) is 18.2 Å². The molecule has 0 spiro atoms. The van der Waals surface area contributed by atoms with E-state index in [2.05, 4.69) is 5.32 Å². The summed E-state index contributed by atoms with van der Waals surface area (Å²) in [7, 11) is 0. The number of nitrogens with one attached hydrogen (secondary N) is 1. The van der Waals surface area contributed by atoms with Crippen LogP contribution in [-0.4, -0.2) is 17.6 Å². The van der Waals surface area contributed by atoms with Gasteiger partial charge in [0.15, 0.2) is 0 Å². The lowest BCUT2D eigenvalue weighted by Crippen LogP contribution is -2.13. The zero-order valence-electron chi connectivity index (χ0n) is 12.0. The first-order valence-electron chi connectivity index (χ1n) is 6.82. The van der Waals surface area contributed by atoms with Crippen LogP contribution in [0.25, 0.3) is 0 Å². The third kappa shape index (κ3) is 5.50. The molecule has 0 saturated carbocycles. The number of ether oxygens (including phenoxy) is 1. The minimum Gasteiger partial charge on any atom is -0.506 e. The largest absolute Gasteiger partial charge is 0.506 e. The van der Waals surface area contributed by atoms with E-state index in [0.717, 1.165) is 0 Å². The maximum absolute atomic E-state index is 11.8. The maximum atomic E-state index is 11.8. The first kappa shape index (κ1) is 17.7. The van der Waals surface area contributed by atoms with Crippen molar-refractivity contribution < 1.29 is 14.6 Å². The number of hydrogen-bond donors (Lipinski definition) is 2. The summed E-state index contributed by atoms with van der Waals surface area (Å²) < 4.78 is 5.49. The van der Waals surface area contributed by atoms with Gasteiger partial charge in [-0.1, -0.05) is 34.8 Å². The van der Waals surface area contributed by atoms with Gasteiger partial charge < -0.3 is 15.2 Å². The van der Waals surface area contributed by atoms with Crippen molar-refractivity contribution in [3.05, 3.63) is 51.5 Å². The Bertz CT molecular complexity index is 707. The van der Waals surface area contributed by atoms with Crippen molar-refractivity contribution in [2.45, 2.75) is 12.8 Å². The lowest BCUT2D eigenvalue weighted by atomic mass is 10.2. The van der Waals surface area contributed by atoms with Crippen LogP contribution in [0.1, 0.15) is 12.8 Å². The second kappa shape index (κ2) is 8.29. The quantitative estimate of drug-likeness (QED) is 0.543. The number of rotatable bonds is 6.